The topological polar surface area (TPSA) is 54.5 Å². The molecule has 5 heteroatoms. The molecule has 142 valence electrons. The summed E-state index contributed by atoms with van der Waals surface area (Å²) < 4.78 is 6.10. The smallest absolute Gasteiger partial charge is 0.225 e. The van der Waals surface area contributed by atoms with Crippen LogP contribution in [0, 0.1) is 5.92 Å². The Morgan fingerprint density at radius 2 is 2.19 bits per heavy atom. The van der Waals surface area contributed by atoms with E-state index in [1.807, 2.05) is 24.2 Å². The Labute approximate surface area is 156 Å². The van der Waals surface area contributed by atoms with Gasteiger partial charge in [0.15, 0.2) is 0 Å². The number of amides is 1. The fraction of sp³-hybridized carbons (Fsp3) is 0.619. The second-order valence-corrected chi connectivity index (χ2v) is 7.58. The van der Waals surface area contributed by atoms with E-state index in [2.05, 4.69) is 29.4 Å². The van der Waals surface area contributed by atoms with Gasteiger partial charge in [0.2, 0.25) is 5.91 Å². The number of aromatic nitrogens is 1. The predicted octanol–water partition coefficient (Wildman–Crippen LogP) is 3.26. The molecule has 1 aromatic rings. The zero-order valence-electron chi connectivity index (χ0n) is 16.0. The molecule has 1 saturated heterocycles. The fourth-order valence-electron chi connectivity index (χ4n) is 3.77. The first-order chi connectivity index (χ1) is 12.7. The largest absolute Gasteiger partial charge is 0.487 e. The molecule has 0 unspecified atom stereocenters. The van der Waals surface area contributed by atoms with Crippen molar-refractivity contribution in [1.82, 2.24) is 15.2 Å². The van der Waals surface area contributed by atoms with Crippen LogP contribution in [0.15, 0.2) is 24.5 Å². The number of hydrogen-bond donors (Lipinski definition) is 1. The van der Waals surface area contributed by atoms with Crippen LogP contribution < -0.4 is 10.1 Å². The summed E-state index contributed by atoms with van der Waals surface area (Å²) in [6.07, 6.45) is 14.3. The van der Waals surface area contributed by atoms with Crippen LogP contribution >= 0.6 is 0 Å². The van der Waals surface area contributed by atoms with E-state index >= 15 is 0 Å². The van der Waals surface area contributed by atoms with Gasteiger partial charge < -0.3 is 15.0 Å². The highest BCUT2D eigenvalue weighted by Crippen LogP contribution is 2.28. The third-order valence-electron chi connectivity index (χ3n) is 5.49. The van der Waals surface area contributed by atoms with Crippen LogP contribution in [0.5, 0.6) is 5.75 Å². The van der Waals surface area contributed by atoms with Crippen LogP contribution in [0.1, 0.15) is 51.0 Å². The number of nitrogens with one attached hydrogen (secondary N) is 1. The molecule has 0 bridgehead atoms. The highest BCUT2D eigenvalue weighted by molar-refractivity contribution is 5.79. The zero-order valence-corrected chi connectivity index (χ0v) is 16.0. The molecule has 0 spiro atoms. The van der Waals surface area contributed by atoms with Crippen LogP contribution in [-0.2, 0) is 4.79 Å². The highest BCUT2D eigenvalue weighted by atomic mass is 16.5. The van der Waals surface area contributed by atoms with E-state index in [4.69, 9.17) is 4.74 Å². The normalized spacial score (nSPS) is 22.2. The molecule has 1 saturated carbocycles. The number of carbonyl (C=O) groups excluding carboxylic acids is 1. The summed E-state index contributed by atoms with van der Waals surface area (Å²) in [5, 5.41) is 3.22. The summed E-state index contributed by atoms with van der Waals surface area (Å²) in [6.45, 7) is 3.67. The molecule has 1 N–H and O–H groups in total. The first-order valence-electron chi connectivity index (χ1n) is 9.90. The molecule has 2 heterocycles. The van der Waals surface area contributed by atoms with Crippen molar-refractivity contribution >= 4 is 12.0 Å². The second-order valence-electron chi connectivity index (χ2n) is 7.58. The van der Waals surface area contributed by atoms with Crippen LogP contribution in [0.3, 0.4) is 0 Å². The summed E-state index contributed by atoms with van der Waals surface area (Å²) in [4.78, 5) is 18.8. The summed E-state index contributed by atoms with van der Waals surface area (Å²) in [5.41, 5.74) is 1.04. The Morgan fingerprint density at radius 1 is 1.38 bits per heavy atom. The third kappa shape index (κ3) is 5.07. The number of carbonyl (C=O) groups is 1. The van der Waals surface area contributed by atoms with Crippen LogP contribution in [0.25, 0.3) is 6.08 Å². The molecule has 26 heavy (non-hydrogen) atoms. The Hall–Kier alpha value is -1.88. The van der Waals surface area contributed by atoms with E-state index in [9.17, 15) is 4.79 Å². The average Bonchev–Trinajstić information content (AvgIpc) is 3.33. The lowest BCUT2D eigenvalue weighted by molar-refractivity contribution is -0.134. The summed E-state index contributed by atoms with van der Waals surface area (Å²) in [7, 11) is 1.97. The summed E-state index contributed by atoms with van der Waals surface area (Å²) in [5.74, 6) is 1.37. The van der Waals surface area contributed by atoms with Crippen molar-refractivity contribution in [2.45, 2.75) is 57.6 Å². The van der Waals surface area contributed by atoms with Crippen molar-refractivity contribution in [3.8, 4) is 5.75 Å². The van der Waals surface area contributed by atoms with Gasteiger partial charge in [0, 0.05) is 31.1 Å². The van der Waals surface area contributed by atoms with Gasteiger partial charge in [0.25, 0.3) is 0 Å². The first-order valence-corrected chi connectivity index (χ1v) is 9.90. The maximum absolute atomic E-state index is 12.5. The van der Waals surface area contributed by atoms with Gasteiger partial charge in [-0.15, -0.1) is 0 Å². The standard InChI is InChI=1S/C21H31N3O2/c1-16(22-2)6-5-7-17-12-20(14-23-13-17)26-19-10-11-24(15-19)21(25)18-8-3-4-9-18/h5,7,12-14,16,18-19,22H,3-4,6,8-11,15H2,1-2H3/b7-5+/t16-,19+/m0/s1. The maximum atomic E-state index is 12.5. The minimum absolute atomic E-state index is 0.0747. The predicted molar refractivity (Wildman–Crippen MR) is 104 cm³/mol. The van der Waals surface area contributed by atoms with E-state index in [0.717, 1.165) is 43.5 Å². The number of hydrogen-bond acceptors (Lipinski definition) is 4. The summed E-state index contributed by atoms with van der Waals surface area (Å²) in [6, 6.07) is 2.48. The number of rotatable bonds is 7. The Morgan fingerprint density at radius 3 is 2.96 bits per heavy atom. The van der Waals surface area contributed by atoms with Gasteiger partial charge in [0.05, 0.1) is 12.7 Å². The van der Waals surface area contributed by atoms with Crippen LogP contribution in [0.2, 0.25) is 0 Å². The van der Waals surface area contributed by atoms with E-state index in [1.165, 1.54) is 12.8 Å². The molecule has 1 aliphatic heterocycles. The SMILES string of the molecule is CN[C@@H](C)C/C=C/c1cncc(O[C@@H]2CCN(C(=O)C3CCCC3)C2)c1. The van der Waals surface area contributed by atoms with Crippen LogP contribution in [0.4, 0.5) is 0 Å². The lowest BCUT2D eigenvalue weighted by atomic mass is 10.1. The van der Waals surface area contributed by atoms with Crippen molar-refractivity contribution in [2.24, 2.45) is 5.92 Å². The molecule has 2 aliphatic rings. The van der Waals surface area contributed by atoms with Gasteiger partial charge in [0.1, 0.15) is 11.9 Å². The zero-order chi connectivity index (χ0) is 18.4. The third-order valence-corrected chi connectivity index (χ3v) is 5.49. The van der Waals surface area contributed by atoms with E-state index < -0.39 is 0 Å². The average molecular weight is 357 g/mol. The molecule has 1 amide bonds. The molecule has 0 aromatic carbocycles. The molecule has 3 rings (SSSR count). The van der Waals surface area contributed by atoms with Crippen molar-refractivity contribution < 1.29 is 9.53 Å². The Bertz CT molecular complexity index is 625. The number of ether oxygens (including phenoxy) is 1. The lowest BCUT2D eigenvalue weighted by Gasteiger charge is -2.20. The summed E-state index contributed by atoms with van der Waals surface area (Å²) >= 11 is 0. The monoisotopic (exact) mass is 357 g/mol. The molecular formula is C21H31N3O2. The van der Waals surface area contributed by atoms with E-state index in [-0.39, 0.29) is 12.0 Å². The van der Waals surface area contributed by atoms with E-state index in [0.29, 0.717) is 18.5 Å². The van der Waals surface area contributed by atoms with Crippen molar-refractivity contribution in [3.63, 3.8) is 0 Å². The first kappa shape index (κ1) is 18.9. The van der Waals surface area contributed by atoms with Gasteiger partial charge in [-0.25, -0.2) is 0 Å². The molecular weight excluding hydrogens is 326 g/mol. The maximum Gasteiger partial charge on any atom is 0.225 e. The lowest BCUT2D eigenvalue weighted by Crippen LogP contribution is -2.34. The van der Waals surface area contributed by atoms with Crippen molar-refractivity contribution in [1.29, 1.82) is 0 Å². The second kappa shape index (κ2) is 9.17. The molecule has 5 nitrogen and oxygen atoms in total. The van der Waals surface area contributed by atoms with Gasteiger partial charge >= 0.3 is 0 Å². The molecule has 2 atom stereocenters. The van der Waals surface area contributed by atoms with Gasteiger partial charge in [-0.05, 0) is 44.9 Å². The van der Waals surface area contributed by atoms with Crippen LogP contribution in [-0.4, -0.2) is 48.1 Å². The highest BCUT2D eigenvalue weighted by Gasteiger charge is 2.33. The number of nitrogens with zero attached hydrogens (tertiary/aromatic N) is 2. The molecule has 1 aromatic heterocycles. The molecule has 1 aliphatic carbocycles. The molecule has 2 fully saturated rings. The van der Waals surface area contributed by atoms with Crippen molar-refractivity contribution in [3.05, 3.63) is 30.1 Å². The van der Waals surface area contributed by atoms with Gasteiger partial charge in [-0.1, -0.05) is 25.0 Å². The minimum atomic E-state index is 0.0747. The Balaban J connectivity index is 1.51. The minimum Gasteiger partial charge on any atom is -0.487 e. The number of pyridine rings is 1. The van der Waals surface area contributed by atoms with Gasteiger partial charge in [-0.3, -0.25) is 9.78 Å². The Kier molecular flexibility index (Phi) is 6.67. The fourth-order valence-corrected chi connectivity index (χ4v) is 3.77. The number of likely N-dealkylation sites (tertiary alicyclic amines) is 1. The van der Waals surface area contributed by atoms with E-state index in [1.54, 1.807) is 6.20 Å². The molecule has 0 radical (unpaired) electrons. The van der Waals surface area contributed by atoms with Crippen molar-refractivity contribution in [2.75, 3.05) is 20.1 Å². The van der Waals surface area contributed by atoms with Gasteiger partial charge in [-0.2, -0.15) is 0 Å². The quantitative estimate of drug-likeness (QED) is 0.814.